The van der Waals surface area contributed by atoms with Gasteiger partial charge in [0.15, 0.2) is 0 Å². The minimum absolute atomic E-state index is 0.0559. The van der Waals surface area contributed by atoms with Crippen LogP contribution in [-0.2, 0) is 14.3 Å². The molecule has 1 aliphatic heterocycles. The number of aliphatic carboxylic acids is 1. The highest BCUT2D eigenvalue weighted by molar-refractivity contribution is 5.89. The second-order valence-electron chi connectivity index (χ2n) is 8.92. The summed E-state index contributed by atoms with van der Waals surface area (Å²) < 4.78 is 5.49. The zero-order valence-corrected chi connectivity index (χ0v) is 19.3. The van der Waals surface area contributed by atoms with Crippen LogP contribution in [-0.4, -0.2) is 66.3 Å². The Balaban J connectivity index is 1.36. The lowest BCUT2D eigenvalue weighted by Crippen LogP contribution is -2.51. The molecule has 2 unspecified atom stereocenters. The maximum absolute atomic E-state index is 12.8. The Morgan fingerprint density at radius 3 is 2.35 bits per heavy atom. The van der Waals surface area contributed by atoms with Gasteiger partial charge in [-0.25, -0.2) is 4.79 Å². The van der Waals surface area contributed by atoms with Crippen molar-refractivity contribution in [2.24, 2.45) is 0 Å². The zero-order chi connectivity index (χ0) is 24.1. The number of hydrogen-bond acceptors (Lipinski definition) is 5. The molecule has 2 atom stereocenters. The van der Waals surface area contributed by atoms with E-state index in [4.69, 9.17) is 4.74 Å². The van der Waals surface area contributed by atoms with E-state index in [-0.39, 0.29) is 18.6 Å². The molecule has 8 nitrogen and oxygen atoms in total. The van der Waals surface area contributed by atoms with E-state index in [0.717, 1.165) is 54.7 Å². The molecule has 2 amide bonds. The summed E-state index contributed by atoms with van der Waals surface area (Å²) in [5.41, 5.74) is 4.39. The molecule has 2 aliphatic rings. The lowest BCUT2D eigenvalue weighted by atomic mass is 9.98. The first kappa shape index (κ1) is 23.8. The number of fused-ring (bicyclic) bond motifs is 3. The van der Waals surface area contributed by atoms with Crippen molar-refractivity contribution in [3.63, 3.8) is 0 Å². The molecule has 8 heteroatoms. The third-order valence-corrected chi connectivity index (χ3v) is 6.49. The maximum atomic E-state index is 12.8. The van der Waals surface area contributed by atoms with Gasteiger partial charge in [0.05, 0.1) is 6.42 Å². The van der Waals surface area contributed by atoms with Crippen molar-refractivity contribution in [3.05, 3.63) is 59.7 Å². The predicted octanol–water partition coefficient (Wildman–Crippen LogP) is 2.97. The normalized spacial score (nSPS) is 18.1. The van der Waals surface area contributed by atoms with Gasteiger partial charge in [-0.05, 0) is 41.6 Å². The van der Waals surface area contributed by atoms with Crippen LogP contribution in [0, 0.1) is 0 Å². The Labute approximate surface area is 199 Å². The molecule has 3 N–H and O–H groups in total. The van der Waals surface area contributed by atoms with E-state index in [9.17, 15) is 19.5 Å². The van der Waals surface area contributed by atoms with Crippen molar-refractivity contribution in [1.29, 1.82) is 0 Å². The number of likely N-dealkylation sites (tertiary alicyclic amines) is 1. The number of carbonyl (C=O) groups excluding carboxylic acids is 2. The van der Waals surface area contributed by atoms with Gasteiger partial charge >= 0.3 is 12.1 Å². The fourth-order valence-electron chi connectivity index (χ4n) is 4.94. The number of nitrogens with zero attached hydrogens (tertiary/aromatic N) is 1. The maximum Gasteiger partial charge on any atom is 0.407 e. The number of nitrogens with one attached hydrogen (secondary N) is 2. The van der Waals surface area contributed by atoms with Crippen LogP contribution in [0.15, 0.2) is 48.5 Å². The summed E-state index contributed by atoms with van der Waals surface area (Å²) in [5, 5.41) is 14.6. The molecule has 1 heterocycles. The average Bonchev–Trinajstić information content (AvgIpc) is 3.39. The molecule has 4 rings (SSSR count). The highest BCUT2D eigenvalue weighted by atomic mass is 16.5. The largest absolute Gasteiger partial charge is 0.481 e. The molecule has 0 saturated carbocycles. The minimum atomic E-state index is -1.20. The Morgan fingerprint density at radius 1 is 1.09 bits per heavy atom. The number of ether oxygens (including phenoxy) is 1. The highest BCUT2D eigenvalue weighted by Gasteiger charge is 2.31. The van der Waals surface area contributed by atoms with Gasteiger partial charge in [-0.1, -0.05) is 55.5 Å². The Bertz CT molecular complexity index is 1010. The van der Waals surface area contributed by atoms with Crippen LogP contribution in [0.25, 0.3) is 11.1 Å². The summed E-state index contributed by atoms with van der Waals surface area (Å²) >= 11 is 0. The lowest BCUT2D eigenvalue weighted by molar-refractivity contribution is -0.140. The van der Waals surface area contributed by atoms with Crippen molar-refractivity contribution >= 4 is 18.0 Å². The quantitative estimate of drug-likeness (QED) is 0.526. The molecule has 34 heavy (non-hydrogen) atoms. The second-order valence-corrected chi connectivity index (χ2v) is 8.92. The van der Waals surface area contributed by atoms with Crippen LogP contribution in [0.5, 0.6) is 0 Å². The first-order chi connectivity index (χ1) is 16.5. The summed E-state index contributed by atoms with van der Waals surface area (Å²) in [6, 6.07) is 14.7. The summed E-state index contributed by atoms with van der Waals surface area (Å²) in [4.78, 5) is 38.9. The van der Waals surface area contributed by atoms with Crippen molar-refractivity contribution in [1.82, 2.24) is 15.5 Å². The number of benzene rings is 2. The third kappa shape index (κ3) is 5.39. The Morgan fingerprint density at radius 2 is 1.74 bits per heavy atom. The van der Waals surface area contributed by atoms with Crippen LogP contribution < -0.4 is 10.6 Å². The summed E-state index contributed by atoms with van der Waals surface area (Å²) in [6.45, 7) is 4.78. The third-order valence-electron chi connectivity index (χ3n) is 6.49. The van der Waals surface area contributed by atoms with Crippen molar-refractivity contribution in [3.8, 4) is 11.1 Å². The fourth-order valence-corrected chi connectivity index (χ4v) is 4.94. The standard InChI is InChI=1S/C26H31N3O5/c1-2-12-29-13-11-17(15-29)27-25(32)23(14-24(30)31)28-26(33)34-16-22-20-9-5-3-7-18(20)19-8-4-6-10-21(19)22/h3-10,17,22-23H,2,11-16H2,1H3,(H,27,32)(H,28,33)(H,30,31). The number of alkyl carbamates (subject to hydrolysis) is 1. The van der Waals surface area contributed by atoms with E-state index in [1.54, 1.807) is 0 Å². The van der Waals surface area contributed by atoms with Gasteiger partial charge in [0.1, 0.15) is 12.6 Å². The van der Waals surface area contributed by atoms with Crippen LogP contribution in [0.2, 0.25) is 0 Å². The topological polar surface area (TPSA) is 108 Å². The highest BCUT2D eigenvalue weighted by Crippen LogP contribution is 2.44. The number of carboxylic acid groups (broad SMARTS) is 1. The first-order valence-corrected chi connectivity index (χ1v) is 11.8. The SMILES string of the molecule is CCCN1CCC(NC(=O)C(CC(=O)O)NC(=O)OCC2c3ccccc3-c3ccccc32)C1. The van der Waals surface area contributed by atoms with Gasteiger partial charge in [0.25, 0.3) is 0 Å². The first-order valence-electron chi connectivity index (χ1n) is 11.8. The summed E-state index contributed by atoms with van der Waals surface area (Å²) in [5.74, 6) is -1.79. The van der Waals surface area contributed by atoms with Gasteiger partial charge in [-0.3, -0.25) is 9.59 Å². The number of rotatable bonds is 9. The van der Waals surface area contributed by atoms with Crippen LogP contribution in [0.3, 0.4) is 0 Å². The fraction of sp³-hybridized carbons (Fsp3) is 0.423. The number of carbonyl (C=O) groups is 3. The number of hydrogen-bond donors (Lipinski definition) is 3. The molecular weight excluding hydrogens is 434 g/mol. The van der Waals surface area contributed by atoms with Crippen molar-refractivity contribution < 1.29 is 24.2 Å². The molecule has 0 bridgehead atoms. The van der Waals surface area contributed by atoms with Gasteiger partial charge in [-0.2, -0.15) is 0 Å². The monoisotopic (exact) mass is 465 g/mol. The molecule has 1 aliphatic carbocycles. The van der Waals surface area contributed by atoms with E-state index in [1.165, 1.54) is 0 Å². The van der Waals surface area contributed by atoms with E-state index in [1.807, 2.05) is 48.5 Å². The Kier molecular flexibility index (Phi) is 7.47. The van der Waals surface area contributed by atoms with Gasteiger partial charge in [0, 0.05) is 25.0 Å². The molecule has 1 saturated heterocycles. The van der Waals surface area contributed by atoms with Crippen molar-refractivity contribution in [2.75, 3.05) is 26.2 Å². The van der Waals surface area contributed by atoms with E-state index < -0.39 is 30.4 Å². The molecule has 180 valence electrons. The van der Waals surface area contributed by atoms with Crippen LogP contribution in [0.1, 0.15) is 43.2 Å². The van der Waals surface area contributed by atoms with Gasteiger partial charge in [-0.15, -0.1) is 0 Å². The molecule has 2 aromatic rings. The minimum Gasteiger partial charge on any atom is -0.481 e. The number of amides is 2. The molecule has 2 aromatic carbocycles. The average molecular weight is 466 g/mol. The second kappa shape index (κ2) is 10.7. The van der Waals surface area contributed by atoms with Crippen LogP contribution >= 0.6 is 0 Å². The van der Waals surface area contributed by atoms with E-state index >= 15 is 0 Å². The Hall–Kier alpha value is -3.39. The number of carboxylic acids is 1. The van der Waals surface area contributed by atoms with E-state index in [0.29, 0.717) is 0 Å². The summed E-state index contributed by atoms with van der Waals surface area (Å²) in [6.07, 6.45) is 0.520. The molecule has 0 spiro atoms. The van der Waals surface area contributed by atoms with Gasteiger partial charge in [0.2, 0.25) is 5.91 Å². The summed E-state index contributed by atoms with van der Waals surface area (Å²) in [7, 11) is 0. The molecule has 0 aromatic heterocycles. The smallest absolute Gasteiger partial charge is 0.407 e. The zero-order valence-electron chi connectivity index (χ0n) is 19.3. The van der Waals surface area contributed by atoms with Gasteiger partial charge < -0.3 is 25.4 Å². The molecular formula is C26H31N3O5. The molecule has 1 fully saturated rings. The van der Waals surface area contributed by atoms with E-state index in [2.05, 4.69) is 22.5 Å². The van der Waals surface area contributed by atoms with Crippen molar-refractivity contribution in [2.45, 2.75) is 44.2 Å². The predicted molar refractivity (Wildman–Crippen MR) is 128 cm³/mol. The molecule has 0 radical (unpaired) electrons. The lowest BCUT2D eigenvalue weighted by Gasteiger charge is -2.21. The van der Waals surface area contributed by atoms with Crippen LogP contribution in [0.4, 0.5) is 4.79 Å².